The van der Waals surface area contributed by atoms with Gasteiger partial charge in [0.15, 0.2) is 0 Å². The van der Waals surface area contributed by atoms with Crippen molar-refractivity contribution in [1.29, 1.82) is 0 Å². The summed E-state index contributed by atoms with van der Waals surface area (Å²) in [4.78, 5) is 2.61. The van der Waals surface area contributed by atoms with Crippen LogP contribution in [0.3, 0.4) is 0 Å². The summed E-state index contributed by atoms with van der Waals surface area (Å²) >= 11 is 5.93. The predicted octanol–water partition coefficient (Wildman–Crippen LogP) is 3.16. The Bertz CT molecular complexity index is 398. The highest BCUT2D eigenvalue weighted by Gasteiger charge is 2.29. The number of piperidine rings is 1. The van der Waals surface area contributed by atoms with Crippen molar-refractivity contribution in [1.82, 2.24) is 10.2 Å². The molecule has 0 unspecified atom stereocenters. The van der Waals surface area contributed by atoms with Crippen LogP contribution in [0.1, 0.15) is 24.8 Å². The van der Waals surface area contributed by atoms with Crippen LogP contribution in [0.25, 0.3) is 0 Å². The number of hydrogen-bond donors (Lipinski definition) is 1. The van der Waals surface area contributed by atoms with Gasteiger partial charge in [0.05, 0.1) is 0 Å². The molecule has 0 aromatic heterocycles. The molecule has 2 heterocycles. The molecule has 0 bridgehead atoms. The molecule has 0 radical (unpaired) electrons. The van der Waals surface area contributed by atoms with E-state index in [4.69, 9.17) is 11.6 Å². The Morgan fingerprint density at radius 1 is 1.05 bits per heavy atom. The molecule has 2 nitrogen and oxygen atoms in total. The minimum atomic E-state index is 0.831. The van der Waals surface area contributed by atoms with E-state index in [1.807, 2.05) is 12.1 Å². The molecule has 19 heavy (non-hydrogen) atoms. The van der Waals surface area contributed by atoms with E-state index in [2.05, 4.69) is 22.3 Å². The number of nitrogens with zero attached hydrogens (tertiary/aromatic N) is 1. The van der Waals surface area contributed by atoms with Crippen LogP contribution < -0.4 is 5.32 Å². The summed E-state index contributed by atoms with van der Waals surface area (Å²) in [5.41, 5.74) is 1.38. The van der Waals surface area contributed by atoms with Gasteiger partial charge >= 0.3 is 0 Å². The van der Waals surface area contributed by atoms with Gasteiger partial charge in [0.25, 0.3) is 0 Å². The van der Waals surface area contributed by atoms with Crippen molar-refractivity contribution in [2.24, 2.45) is 11.8 Å². The Balaban J connectivity index is 1.52. The molecule has 1 atom stereocenters. The van der Waals surface area contributed by atoms with E-state index in [9.17, 15) is 0 Å². The highest BCUT2D eigenvalue weighted by molar-refractivity contribution is 6.30. The zero-order valence-corrected chi connectivity index (χ0v) is 12.2. The molecular formula is C16H23ClN2. The Morgan fingerprint density at radius 2 is 1.79 bits per heavy atom. The zero-order valence-electron chi connectivity index (χ0n) is 11.4. The van der Waals surface area contributed by atoms with Crippen LogP contribution in [0.4, 0.5) is 0 Å². The first-order valence-electron chi connectivity index (χ1n) is 7.49. The van der Waals surface area contributed by atoms with Crippen molar-refractivity contribution in [3.05, 3.63) is 34.9 Å². The first-order chi connectivity index (χ1) is 9.31. The maximum Gasteiger partial charge on any atom is 0.0406 e. The number of halogens is 1. The van der Waals surface area contributed by atoms with Crippen LogP contribution in [0.5, 0.6) is 0 Å². The highest BCUT2D eigenvalue weighted by Crippen LogP contribution is 2.30. The lowest BCUT2D eigenvalue weighted by Gasteiger charge is -2.28. The molecule has 0 amide bonds. The second-order valence-corrected chi connectivity index (χ2v) is 6.43. The lowest BCUT2D eigenvalue weighted by molar-refractivity contribution is 0.242. The Hall–Kier alpha value is -0.570. The van der Waals surface area contributed by atoms with Crippen LogP contribution in [0, 0.1) is 11.8 Å². The lowest BCUT2D eigenvalue weighted by atomic mass is 9.84. The summed E-state index contributed by atoms with van der Waals surface area (Å²) in [6.45, 7) is 6.07. The van der Waals surface area contributed by atoms with Crippen molar-refractivity contribution >= 4 is 11.6 Å². The SMILES string of the molecule is Clc1ccc(CN2CC[C@@H](C3CCNCC3)C2)cc1. The van der Waals surface area contributed by atoms with Gasteiger partial charge in [-0.25, -0.2) is 0 Å². The summed E-state index contributed by atoms with van der Waals surface area (Å²) in [5.74, 6) is 1.88. The summed E-state index contributed by atoms with van der Waals surface area (Å²) in [5, 5.41) is 4.30. The Kier molecular flexibility index (Phi) is 4.42. The lowest BCUT2D eigenvalue weighted by Crippen LogP contribution is -2.32. The quantitative estimate of drug-likeness (QED) is 0.914. The molecule has 3 rings (SSSR count). The number of likely N-dealkylation sites (tertiary alicyclic amines) is 1. The summed E-state index contributed by atoms with van der Waals surface area (Å²) < 4.78 is 0. The van der Waals surface area contributed by atoms with E-state index in [1.165, 1.54) is 51.0 Å². The average Bonchev–Trinajstić information content (AvgIpc) is 2.91. The van der Waals surface area contributed by atoms with Gasteiger partial charge in [0, 0.05) is 18.1 Å². The number of hydrogen-bond acceptors (Lipinski definition) is 2. The molecule has 2 saturated heterocycles. The molecule has 104 valence electrons. The van der Waals surface area contributed by atoms with Crippen LogP contribution in [-0.4, -0.2) is 31.1 Å². The third-order valence-corrected chi connectivity index (χ3v) is 4.93. The van der Waals surface area contributed by atoms with Gasteiger partial charge in [0.2, 0.25) is 0 Å². The molecule has 0 saturated carbocycles. The summed E-state index contributed by atoms with van der Waals surface area (Å²) in [7, 11) is 0. The fourth-order valence-electron chi connectivity index (χ4n) is 3.55. The predicted molar refractivity (Wildman–Crippen MR) is 80.4 cm³/mol. The minimum absolute atomic E-state index is 0.831. The summed E-state index contributed by atoms with van der Waals surface area (Å²) in [6.07, 6.45) is 4.14. The van der Waals surface area contributed by atoms with Crippen LogP contribution in [-0.2, 0) is 6.54 Å². The van der Waals surface area contributed by atoms with Crippen LogP contribution >= 0.6 is 11.6 Å². The standard InChI is InChI=1S/C16H23ClN2/c17-16-3-1-13(2-4-16)11-19-10-7-15(12-19)14-5-8-18-9-6-14/h1-4,14-15,18H,5-12H2/t15-/m1/s1. The van der Waals surface area contributed by atoms with Gasteiger partial charge in [-0.3, -0.25) is 4.90 Å². The van der Waals surface area contributed by atoms with E-state index in [0.717, 1.165) is 23.4 Å². The maximum absolute atomic E-state index is 5.93. The van der Waals surface area contributed by atoms with E-state index >= 15 is 0 Å². The fraction of sp³-hybridized carbons (Fsp3) is 0.625. The molecule has 0 aliphatic carbocycles. The monoisotopic (exact) mass is 278 g/mol. The zero-order chi connectivity index (χ0) is 13.1. The molecule has 1 N–H and O–H groups in total. The molecule has 2 fully saturated rings. The first-order valence-corrected chi connectivity index (χ1v) is 7.86. The summed E-state index contributed by atoms with van der Waals surface area (Å²) in [6, 6.07) is 8.30. The second-order valence-electron chi connectivity index (χ2n) is 6.00. The third-order valence-electron chi connectivity index (χ3n) is 4.68. The van der Waals surface area contributed by atoms with Gasteiger partial charge in [-0.05, 0) is 68.4 Å². The van der Waals surface area contributed by atoms with E-state index in [-0.39, 0.29) is 0 Å². The van der Waals surface area contributed by atoms with Gasteiger partial charge in [-0.2, -0.15) is 0 Å². The molecule has 1 aromatic carbocycles. The Morgan fingerprint density at radius 3 is 2.53 bits per heavy atom. The topological polar surface area (TPSA) is 15.3 Å². The Labute approximate surface area is 121 Å². The van der Waals surface area contributed by atoms with Gasteiger partial charge in [-0.1, -0.05) is 23.7 Å². The number of nitrogens with one attached hydrogen (secondary N) is 1. The van der Waals surface area contributed by atoms with Gasteiger partial charge in [-0.15, -0.1) is 0 Å². The van der Waals surface area contributed by atoms with Crippen molar-refractivity contribution < 1.29 is 0 Å². The van der Waals surface area contributed by atoms with Crippen LogP contribution in [0.15, 0.2) is 24.3 Å². The first kappa shape index (κ1) is 13.4. The van der Waals surface area contributed by atoms with Crippen molar-refractivity contribution in [2.45, 2.75) is 25.8 Å². The highest BCUT2D eigenvalue weighted by atomic mass is 35.5. The average molecular weight is 279 g/mol. The van der Waals surface area contributed by atoms with Crippen molar-refractivity contribution in [3.63, 3.8) is 0 Å². The van der Waals surface area contributed by atoms with Crippen LogP contribution in [0.2, 0.25) is 5.02 Å². The normalized spacial score (nSPS) is 25.8. The smallest absolute Gasteiger partial charge is 0.0406 e. The molecule has 0 spiro atoms. The van der Waals surface area contributed by atoms with E-state index in [0.29, 0.717) is 0 Å². The fourth-order valence-corrected chi connectivity index (χ4v) is 3.68. The van der Waals surface area contributed by atoms with Crippen molar-refractivity contribution in [3.8, 4) is 0 Å². The molecular weight excluding hydrogens is 256 g/mol. The van der Waals surface area contributed by atoms with E-state index in [1.54, 1.807) is 0 Å². The molecule has 1 aromatic rings. The number of benzene rings is 1. The van der Waals surface area contributed by atoms with Crippen molar-refractivity contribution in [2.75, 3.05) is 26.2 Å². The largest absolute Gasteiger partial charge is 0.317 e. The number of rotatable bonds is 3. The maximum atomic E-state index is 5.93. The van der Waals surface area contributed by atoms with E-state index < -0.39 is 0 Å². The van der Waals surface area contributed by atoms with Gasteiger partial charge in [0.1, 0.15) is 0 Å². The molecule has 2 aliphatic heterocycles. The van der Waals surface area contributed by atoms with Gasteiger partial charge < -0.3 is 5.32 Å². The third kappa shape index (κ3) is 3.50. The molecule has 3 heteroatoms. The molecule has 2 aliphatic rings. The second kappa shape index (κ2) is 6.25. The minimum Gasteiger partial charge on any atom is -0.317 e.